The van der Waals surface area contributed by atoms with E-state index in [0.717, 1.165) is 12.5 Å². The van der Waals surface area contributed by atoms with Crippen LogP contribution in [0.2, 0.25) is 0 Å². The first-order chi connectivity index (χ1) is 8.59. The van der Waals surface area contributed by atoms with E-state index >= 15 is 0 Å². The van der Waals surface area contributed by atoms with Gasteiger partial charge >= 0.3 is 0 Å². The van der Waals surface area contributed by atoms with Gasteiger partial charge in [-0.3, -0.25) is 4.90 Å². The molecule has 0 unspecified atom stereocenters. The molecule has 3 nitrogen and oxygen atoms in total. The molecule has 0 atom stereocenters. The van der Waals surface area contributed by atoms with Crippen LogP contribution in [-0.2, 0) is 0 Å². The van der Waals surface area contributed by atoms with Crippen molar-refractivity contribution < 1.29 is 0 Å². The number of piperazine rings is 1. The monoisotopic (exact) mass is 253 g/mol. The van der Waals surface area contributed by atoms with Crippen molar-refractivity contribution in [2.45, 2.75) is 45.6 Å². The molecule has 0 bridgehead atoms. The topological polar surface area (TPSA) is 18.5 Å². The van der Waals surface area contributed by atoms with Crippen molar-refractivity contribution in [3.8, 4) is 0 Å². The summed E-state index contributed by atoms with van der Waals surface area (Å²) in [6.07, 6.45) is 4.16. The number of rotatable bonds is 7. The highest BCUT2D eigenvalue weighted by Gasteiger charge is 2.26. The highest BCUT2D eigenvalue weighted by molar-refractivity contribution is 4.81. The summed E-state index contributed by atoms with van der Waals surface area (Å²) in [4.78, 5) is 5.28. The zero-order valence-corrected chi connectivity index (χ0v) is 12.5. The Labute approximate surface area is 113 Å². The fourth-order valence-electron chi connectivity index (χ4n) is 2.54. The third-order valence-electron chi connectivity index (χ3n) is 4.59. The van der Waals surface area contributed by atoms with E-state index in [4.69, 9.17) is 0 Å². The summed E-state index contributed by atoms with van der Waals surface area (Å²) < 4.78 is 0. The lowest BCUT2D eigenvalue weighted by Crippen LogP contribution is -2.50. The predicted molar refractivity (Wildman–Crippen MR) is 78.0 cm³/mol. The van der Waals surface area contributed by atoms with Gasteiger partial charge in [0.1, 0.15) is 0 Å². The van der Waals surface area contributed by atoms with Crippen molar-refractivity contribution in [3.63, 3.8) is 0 Å². The second-order valence-electron chi connectivity index (χ2n) is 6.75. The second-order valence-corrected chi connectivity index (χ2v) is 6.75. The van der Waals surface area contributed by atoms with Crippen LogP contribution in [0.1, 0.15) is 40.0 Å². The maximum absolute atomic E-state index is 3.65. The first-order valence-electron chi connectivity index (χ1n) is 7.79. The Kier molecular flexibility index (Phi) is 5.05. The van der Waals surface area contributed by atoms with Crippen molar-refractivity contribution in [1.29, 1.82) is 0 Å². The van der Waals surface area contributed by atoms with Gasteiger partial charge in [-0.1, -0.05) is 6.92 Å². The lowest BCUT2D eigenvalue weighted by Gasteiger charge is -2.35. The van der Waals surface area contributed by atoms with Gasteiger partial charge in [0.2, 0.25) is 0 Å². The molecular formula is C15H31N3. The Morgan fingerprint density at radius 3 is 2.22 bits per heavy atom. The maximum atomic E-state index is 3.65. The van der Waals surface area contributed by atoms with Crippen LogP contribution < -0.4 is 5.32 Å². The molecular weight excluding hydrogens is 222 g/mol. The van der Waals surface area contributed by atoms with Gasteiger partial charge in [-0.2, -0.15) is 0 Å². The van der Waals surface area contributed by atoms with Crippen LogP contribution in [0.5, 0.6) is 0 Å². The Balaban J connectivity index is 1.55. The molecule has 0 aromatic rings. The molecule has 0 amide bonds. The molecule has 2 rings (SSSR count). The predicted octanol–water partition coefficient (Wildman–Crippen LogP) is 1.79. The fourth-order valence-corrected chi connectivity index (χ4v) is 2.54. The van der Waals surface area contributed by atoms with E-state index in [0.29, 0.717) is 5.54 Å². The minimum Gasteiger partial charge on any atom is -0.311 e. The summed E-state index contributed by atoms with van der Waals surface area (Å²) in [5.41, 5.74) is 0.299. The standard InChI is InChI=1S/C15H31N3/c1-4-15(2,3)16-7-8-17-9-11-18(12-10-17)13-14-5-6-14/h14,16H,4-13H2,1-3H3. The molecule has 2 fully saturated rings. The van der Waals surface area contributed by atoms with Gasteiger partial charge in [0.15, 0.2) is 0 Å². The summed E-state index contributed by atoms with van der Waals surface area (Å²) in [6, 6.07) is 0. The third kappa shape index (κ3) is 4.87. The molecule has 0 aromatic carbocycles. The minimum absolute atomic E-state index is 0.299. The quantitative estimate of drug-likeness (QED) is 0.746. The normalized spacial score (nSPS) is 23.5. The molecule has 1 saturated heterocycles. The Morgan fingerprint density at radius 1 is 1.06 bits per heavy atom. The molecule has 1 aliphatic heterocycles. The van der Waals surface area contributed by atoms with Gasteiger partial charge in [-0.15, -0.1) is 0 Å². The Morgan fingerprint density at radius 2 is 1.67 bits per heavy atom. The van der Waals surface area contributed by atoms with Crippen molar-refractivity contribution >= 4 is 0 Å². The van der Waals surface area contributed by atoms with Crippen LogP contribution >= 0.6 is 0 Å². The van der Waals surface area contributed by atoms with Gasteiger partial charge in [0, 0.05) is 51.4 Å². The Hall–Kier alpha value is -0.120. The van der Waals surface area contributed by atoms with Crippen LogP contribution in [0, 0.1) is 5.92 Å². The van der Waals surface area contributed by atoms with E-state index in [9.17, 15) is 0 Å². The van der Waals surface area contributed by atoms with Crippen LogP contribution in [0.4, 0.5) is 0 Å². The lowest BCUT2D eigenvalue weighted by atomic mass is 10.0. The van der Waals surface area contributed by atoms with Crippen LogP contribution in [-0.4, -0.2) is 61.2 Å². The van der Waals surface area contributed by atoms with Crippen LogP contribution in [0.15, 0.2) is 0 Å². The summed E-state index contributed by atoms with van der Waals surface area (Å²) in [6.45, 7) is 15.6. The average molecular weight is 253 g/mol. The lowest BCUT2D eigenvalue weighted by molar-refractivity contribution is 0.127. The Bertz CT molecular complexity index is 240. The maximum Gasteiger partial charge on any atom is 0.0123 e. The third-order valence-corrected chi connectivity index (χ3v) is 4.59. The van der Waals surface area contributed by atoms with Gasteiger partial charge in [-0.05, 0) is 39.0 Å². The molecule has 1 N–H and O–H groups in total. The number of nitrogens with one attached hydrogen (secondary N) is 1. The molecule has 1 saturated carbocycles. The van der Waals surface area contributed by atoms with Crippen molar-refractivity contribution in [1.82, 2.24) is 15.1 Å². The molecule has 2 aliphatic rings. The highest BCUT2D eigenvalue weighted by Crippen LogP contribution is 2.29. The van der Waals surface area contributed by atoms with E-state index in [1.54, 1.807) is 0 Å². The molecule has 0 spiro atoms. The second kappa shape index (κ2) is 6.36. The summed E-state index contributed by atoms with van der Waals surface area (Å²) in [7, 11) is 0. The minimum atomic E-state index is 0.299. The largest absolute Gasteiger partial charge is 0.311 e. The van der Waals surface area contributed by atoms with E-state index in [-0.39, 0.29) is 0 Å². The van der Waals surface area contributed by atoms with Gasteiger partial charge < -0.3 is 10.2 Å². The summed E-state index contributed by atoms with van der Waals surface area (Å²) in [5, 5.41) is 3.65. The van der Waals surface area contributed by atoms with E-state index in [1.807, 2.05) is 0 Å². The first kappa shape index (κ1) is 14.3. The number of nitrogens with zero attached hydrogens (tertiary/aromatic N) is 2. The summed E-state index contributed by atoms with van der Waals surface area (Å²) >= 11 is 0. The average Bonchev–Trinajstić information content (AvgIpc) is 3.15. The van der Waals surface area contributed by atoms with Crippen molar-refractivity contribution in [3.05, 3.63) is 0 Å². The van der Waals surface area contributed by atoms with Gasteiger partial charge in [0.25, 0.3) is 0 Å². The number of hydrogen-bond donors (Lipinski definition) is 1. The fraction of sp³-hybridized carbons (Fsp3) is 1.00. The highest BCUT2D eigenvalue weighted by atomic mass is 15.3. The molecule has 18 heavy (non-hydrogen) atoms. The SMILES string of the molecule is CCC(C)(C)NCCN1CCN(CC2CC2)CC1. The molecule has 0 aromatic heterocycles. The zero-order valence-electron chi connectivity index (χ0n) is 12.5. The molecule has 106 valence electrons. The molecule has 0 radical (unpaired) electrons. The first-order valence-corrected chi connectivity index (χ1v) is 7.79. The summed E-state index contributed by atoms with van der Waals surface area (Å²) in [5.74, 6) is 1.04. The van der Waals surface area contributed by atoms with E-state index < -0.39 is 0 Å². The van der Waals surface area contributed by atoms with E-state index in [1.165, 1.54) is 58.5 Å². The van der Waals surface area contributed by atoms with Gasteiger partial charge in [-0.25, -0.2) is 0 Å². The molecule has 1 heterocycles. The van der Waals surface area contributed by atoms with Crippen molar-refractivity contribution in [2.24, 2.45) is 5.92 Å². The molecule has 1 aliphatic carbocycles. The smallest absolute Gasteiger partial charge is 0.0123 e. The molecule has 3 heteroatoms. The van der Waals surface area contributed by atoms with Crippen LogP contribution in [0.3, 0.4) is 0 Å². The van der Waals surface area contributed by atoms with Gasteiger partial charge in [0.05, 0.1) is 0 Å². The van der Waals surface area contributed by atoms with Crippen LogP contribution in [0.25, 0.3) is 0 Å². The number of hydrogen-bond acceptors (Lipinski definition) is 3. The van der Waals surface area contributed by atoms with Crippen molar-refractivity contribution in [2.75, 3.05) is 45.8 Å². The van der Waals surface area contributed by atoms with E-state index in [2.05, 4.69) is 35.9 Å². The zero-order chi connectivity index (χ0) is 13.0.